The minimum atomic E-state index is 0.351. The van der Waals surface area contributed by atoms with Crippen LogP contribution in [0.2, 0.25) is 0 Å². The van der Waals surface area contributed by atoms with E-state index < -0.39 is 0 Å². The van der Waals surface area contributed by atoms with E-state index in [4.69, 9.17) is 5.73 Å². The Morgan fingerprint density at radius 2 is 1.81 bits per heavy atom. The molecule has 0 spiro atoms. The summed E-state index contributed by atoms with van der Waals surface area (Å²) >= 11 is 0. The Balaban J connectivity index is 1.91. The Hall–Kier alpha value is -1.06. The van der Waals surface area contributed by atoms with Gasteiger partial charge in [-0.15, -0.1) is 0 Å². The Labute approximate surface area is 96.9 Å². The van der Waals surface area contributed by atoms with Gasteiger partial charge in [-0.2, -0.15) is 0 Å². The van der Waals surface area contributed by atoms with Crippen molar-refractivity contribution in [2.45, 2.75) is 18.8 Å². The van der Waals surface area contributed by atoms with E-state index in [9.17, 15) is 5.11 Å². The molecular weight excluding hydrogens is 200 g/mol. The van der Waals surface area contributed by atoms with Crippen molar-refractivity contribution in [3.05, 3.63) is 29.8 Å². The van der Waals surface area contributed by atoms with Crippen LogP contribution in [0, 0.1) is 0 Å². The van der Waals surface area contributed by atoms with E-state index in [2.05, 4.69) is 4.90 Å². The maximum Gasteiger partial charge on any atom is 0.115 e. The van der Waals surface area contributed by atoms with E-state index in [0.29, 0.717) is 11.7 Å². The van der Waals surface area contributed by atoms with E-state index in [1.807, 2.05) is 12.1 Å². The summed E-state index contributed by atoms with van der Waals surface area (Å²) in [6.45, 7) is 4.05. The zero-order valence-electron chi connectivity index (χ0n) is 9.60. The Kier molecular flexibility index (Phi) is 3.80. The minimum absolute atomic E-state index is 0.351. The number of phenols is 1. The number of piperidine rings is 1. The molecule has 16 heavy (non-hydrogen) atoms. The van der Waals surface area contributed by atoms with Crippen LogP contribution < -0.4 is 5.73 Å². The molecule has 1 fully saturated rings. The first kappa shape index (κ1) is 11.4. The van der Waals surface area contributed by atoms with Crippen LogP contribution >= 0.6 is 0 Å². The fourth-order valence-corrected chi connectivity index (χ4v) is 2.42. The van der Waals surface area contributed by atoms with Gasteiger partial charge in [-0.1, -0.05) is 12.1 Å². The predicted octanol–water partition coefficient (Wildman–Crippen LogP) is 1.53. The monoisotopic (exact) mass is 220 g/mol. The average Bonchev–Trinajstić information content (AvgIpc) is 2.32. The maximum absolute atomic E-state index is 9.24. The van der Waals surface area contributed by atoms with E-state index in [-0.39, 0.29) is 0 Å². The molecule has 1 aromatic rings. The lowest BCUT2D eigenvalue weighted by Crippen LogP contribution is -2.36. The van der Waals surface area contributed by atoms with Crippen LogP contribution in [-0.4, -0.2) is 36.2 Å². The van der Waals surface area contributed by atoms with Crippen LogP contribution in [0.15, 0.2) is 24.3 Å². The number of benzene rings is 1. The van der Waals surface area contributed by atoms with Crippen molar-refractivity contribution in [1.29, 1.82) is 0 Å². The minimum Gasteiger partial charge on any atom is -0.508 e. The summed E-state index contributed by atoms with van der Waals surface area (Å²) in [5.41, 5.74) is 6.90. The van der Waals surface area contributed by atoms with Gasteiger partial charge >= 0.3 is 0 Å². The van der Waals surface area contributed by atoms with E-state index >= 15 is 0 Å². The fraction of sp³-hybridized carbons (Fsp3) is 0.538. The first-order chi connectivity index (χ1) is 7.79. The number of hydrogen-bond donors (Lipinski definition) is 2. The zero-order chi connectivity index (χ0) is 11.4. The van der Waals surface area contributed by atoms with Crippen molar-refractivity contribution in [1.82, 2.24) is 4.90 Å². The van der Waals surface area contributed by atoms with Gasteiger partial charge in [0, 0.05) is 13.1 Å². The fourth-order valence-electron chi connectivity index (χ4n) is 2.42. The van der Waals surface area contributed by atoms with Gasteiger partial charge in [0.2, 0.25) is 0 Å². The smallest absolute Gasteiger partial charge is 0.115 e. The van der Waals surface area contributed by atoms with E-state index in [1.54, 1.807) is 12.1 Å². The highest BCUT2D eigenvalue weighted by Gasteiger charge is 2.19. The van der Waals surface area contributed by atoms with Gasteiger partial charge in [0.05, 0.1) is 0 Å². The highest BCUT2D eigenvalue weighted by Crippen LogP contribution is 2.28. The number of aromatic hydroxyl groups is 1. The molecule has 1 aliphatic rings. The third-order valence-electron chi connectivity index (χ3n) is 3.40. The predicted molar refractivity (Wildman–Crippen MR) is 65.6 cm³/mol. The highest BCUT2D eigenvalue weighted by atomic mass is 16.3. The molecule has 3 N–H and O–H groups in total. The molecule has 0 atom stereocenters. The van der Waals surface area contributed by atoms with Crippen molar-refractivity contribution in [2.75, 3.05) is 26.2 Å². The SMILES string of the molecule is NCCN1CCC(c2ccc(O)cc2)CC1. The topological polar surface area (TPSA) is 49.5 Å². The normalized spacial score (nSPS) is 18.8. The van der Waals surface area contributed by atoms with Gasteiger partial charge in [0.15, 0.2) is 0 Å². The molecule has 1 aliphatic heterocycles. The lowest BCUT2D eigenvalue weighted by Gasteiger charge is -2.31. The molecule has 0 unspecified atom stereocenters. The first-order valence-corrected chi connectivity index (χ1v) is 6.01. The Bertz CT molecular complexity index is 315. The van der Waals surface area contributed by atoms with Gasteiger partial charge < -0.3 is 15.7 Å². The van der Waals surface area contributed by atoms with Gasteiger partial charge in [0.1, 0.15) is 5.75 Å². The number of nitrogens with zero attached hydrogens (tertiary/aromatic N) is 1. The number of nitrogens with two attached hydrogens (primary N) is 1. The summed E-state index contributed by atoms with van der Waals surface area (Å²) in [5, 5.41) is 9.24. The number of likely N-dealkylation sites (tertiary alicyclic amines) is 1. The standard InChI is InChI=1S/C13H20N2O/c14-7-10-15-8-5-12(6-9-15)11-1-3-13(16)4-2-11/h1-4,12,16H,5-10,14H2. The van der Waals surface area contributed by atoms with E-state index in [1.165, 1.54) is 18.4 Å². The maximum atomic E-state index is 9.24. The van der Waals surface area contributed by atoms with Crippen molar-refractivity contribution in [2.24, 2.45) is 5.73 Å². The molecule has 1 heterocycles. The van der Waals surface area contributed by atoms with Gasteiger partial charge in [-0.05, 0) is 49.5 Å². The summed E-state index contributed by atoms with van der Waals surface area (Å²) in [6.07, 6.45) is 2.40. The first-order valence-electron chi connectivity index (χ1n) is 6.01. The molecule has 1 saturated heterocycles. The molecule has 0 aromatic heterocycles. The molecule has 0 saturated carbocycles. The lowest BCUT2D eigenvalue weighted by atomic mass is 9.89. The molecule has 0 amide bonds. The Morgan fingerprint density at radius 3 is 2.38 bits per heavy atom. The second-order valence-corrected chi connectivity index (χ2v) is 4.50. The van der Waals surface area contributed by atoms with Crippen LogP contribution in [0.4, 0.5) is 0 Å². The number of hydrogen-bond acceptors (Lipinski definition) is 3. The van der Waals surface area contributed by atoms with Gasteiger partial charge in [-0.3, -0.25) is 0 Å². The van der Waals surface area contributed by atoms with E-state index in [0.717, 1.165) is 26.2 Å². The molecule has 88 valence electrons. The average molecular weight is 220 g/mol. The van der Waals surface area contributed by atoms with Crippen molar-refractivity contribution < 1.29 is 5.11 Å². The van der Waals surface area contributed by atoms with Crippen LogP contribution in [0.1, 0.15) is 24.3 Å². The van der Waals surface area contributed by atoms with Gasteiger partial charge in [-0.25, -0.2) is 0 Å². The summed E-state index contributed by atoms with van der Waals surface area (Å²) in [6, 6.07) is 7.64. The third kappa shape index (κ3) is 2.74. The van der Waals surface area contributed by atoms with Crippen LogP contribution in [0.5, 0.6) is 5.75 Å². The lowest BCUT2D eigenvalue weighted by molar-refractivity contribution is 0.217. The van der Waals surface area contributed by atoms with Crippen LogP contribution in [0.25, 0.3) is 0 Å². The van der Waals surface area contributed by atoms with Crippen molar-refractivity contribution in [3.8, 4) is 5.75 Å². The summed E-state index contributed by atoms with van der Waals surface area (Å²) in [4.78, 5) is 2.43. The third-order valence-corrected chi connectivity index (χ3v) is 3.40. The highest BCUT2D eigenvalue weighted by molar-refractivity contribution is 5.28. The van der Waals surface area contributed by atoms with Crippen molar-refractivity contribution >= 4 is 0 Å². The summed E-state index contributed by atoms with van der Waals surface area (Å²) in [5.74, 6) is 0.999. The van der Waals surface area contributed by atoms with Gasteiger partial charge in [0.25, 0.3) is 0 Å². The summed E-state index contributed by atoms with van der Waals surface area (Å²) < 4.78 is 0. The van der Waals surface area contributed by atoms with Crippen LogP contribution in [0.3, 0.4) is 0 Å². The molecule has 0 bridgehead atoms. The largest absolute Gasteiger partial charge is 0.508 e. The molecule has 0 radical (unpaired) electrons. The summed E-state index contributed by atoms with van der Waals surface area (Å²) in [7, 11) is 0. The quantitative estimate of drug-likeness (QED) is 0.812. The molecule has 3 nitrogen and oxygen atoms in total. The second-order valence-electron chi connectivity index (χ2n) is 4.50. The Morgan fingerprint density at radius 1 is 1.19 bits per heavy atom. The van der Waals surface area contributed by atoms with Crippen molar-refractivity contribution in [3.63, 3.8) is 0 Å². The molecular formula is C13H20N2O. The number of rotatable bonds is 3. The number of phenolic OH excluding ortho intramolecular Hbond substituents is 1. The molecule has 3 heteroatoms. The van der Waals surface area contributed by atoms with Crippen LogP contribution in [-0.2, 0) is 0 Å². The zero-order valence-corrected chi connectivity index (χ0v) is 9.60. The second kappa shape index (κ2) is 5.32. The molecule has 1 aromatic carbocycles. The molecule has 2 rings (SSSR count). The molecule has 0 aliphatic carbocycles.